The van der Waals surface area contributed by atoms with Crippen molar-refractivity contribution in [3.05, 3.63) is 0 Å². The molecule has 0 aliphatic carbocycles. The minimum atomic E-state index is -0.907. The Kier molecular flexibility index (Phi) is 5.59. The van der Waals surface area contributed by atoms with Crippen LogP contribution in [-0.4, -0.2) is 47.5 Å². The van der Waals surface area contributed by atoms with Crippen LogP contribution in [0.2, 0.25) is 0 Å². The number of nitrogens with two attached hydrogens (primary N) is 1. The SMILES string of the molecule is CCC(CNC(=O)N1CCC(C(N)=O)CC1)C(=O)O. The average molecular weight is 271 g/mol. The molecule has 1 heterocycles. The summed E-state index contributed by atoms with van der Waals surface area (Å²) < 4.78 is 0. The predicted molar refractivity (Wildman–Crippen MR) is 68.3 cm³/mol. The third-order valence-electron chi connectivity index (χ3n) is 3.53. The van der Waals surface area contributed by atoms with Gasteiger partial charge in [-0.25, -0.2) is 4.79 Å². The van der Waals surface area contributed by atoms with Crippen molar-refractivity contribution < 1.29 is 19.5 Å². The van der Waals surface area contributed by atoms with Crippen molar-refractivity contribution in [1.82, 2.24) is 10.2 Å². The molecule has 1 aliphatic rings. The number of urea groups is 1. The fourth-order valence-electron chi connectivity index (χ4n) is 2.10. The van der Waals surface area contributed by atoms with Crippen LogP contribution in [0, 0.1) is 11.8 Å². The summed E-state index contributed by atoms with van der Waals surface area (Å²) in [6.07, 6.45) is 1.61. The van der Waals surface area contributed by atoms with Crippen molar-refractivity contribution in [2.75, 3.05) is 19.6 Å². The Morgan fingerprint density at radius 3 is 2.37 bits per heavy atom. The maximum atomic E-state index is 11.8. The molecule has 0 aromatic carbocycles. The van der Waals surface area contributed by atoms with Crippen molar-refractivity contribution in [2.24, 2.45) is 17.6 Å². The fourth-order valence-corrected chi connectivity index (χ4v) is 2.10. The number of piperidine rings is 1. The van der Waals surface area contributed by atoms with Gasteiger partial charge in [-0.1, -0.05) is 6.92 Å². The Labute approximate surface area is 112 Å². The molecule has 1 atom stereocenters. The molecule has 1 aliphatic heterocycles. The molecule has 7 nitrogen and oxygen atoms in total. The van der Waals surface area contributed by atoms with E-state index in [0.717, 1.165) is 0 Å². The van der Waals surface area contributed by atoms with Crippen LogP contribution >= 0.6 is 0 Å². The number of nitrogens with zero attached hydrogens (tertiary/aromatic N) is 1. The van der Waals surface area contributed by atoms with E-state index < -0.39 is 11.9 Å². The molecule has 19 heavy (non-hydrogen) atoms. The number of amides is 3. The van der Waals surface area contributed by atoms with E-state index in [2.05, 4.69) is 5.32 Å². The molecule has 1 fully saturated rings. The van der Waals surface area contributed by atoms with Gasteiger partial charge in [0.25, 0.3) is 0 Å². The lowest BCUT2D eigenvalue weighted by Crippen LogP contribution is -2.47. The molecular weight excluding hydrogens is 250 g/mol. The minimum Gasteiger partial charge on any atom is -0.481 e. The monoisotopic (exact) mass is 271 g/mol. The van der Waals surface area contributed by atoms with Gasteiger partial charge in [-0.15, -0.1) is 0 Å². The van der Waals surface area contributed by atoms with Crippen molar-refractivity contribution in [1.29, 1.82) is 0 Å². The molecule has 1 rings (SSSR count). The molecule has 0 spiro atoms. The molecule has 4 N–H and O–H groups in total. The summed E-state index contributed by atoms with van der Waals surface area (Å²) in [4.78, 5) is 35.2. The lowest BCUT2D eigenvalue weighted by atomic mass is 9.96. The number of hydrogen-bond donors (Lipinski definition) is 3. The Bertz CT molecular complexity index is 351. The molecule has 0 aromatic rings. The molecule has 108 valence electrons. The van der Waals surface area contributed by atoms with E-state index in [1.54, 1.807) is 11.8 Å². The lowest BCUT2D eigenvalue weighted by Gasteiger charge is -2.30. The molecule has 0 saturated carbocycles. The normalized spacial score (nSPS) is 17.8. The van der Waals surface area contributed by atoms with E-state index in [1.165, 1.54) is 0 Å². The largest absolute Gasteiger partial charge is 0.481 e. The van der Waals surface area contributed by atoms with Gasteiger partial charge in [-0.05, 0) is 19.3 Å². The van der Waals surface area contributed by atoms with Crippen LogP contribution in [0.25, 0.3) is 0 Å². The van der Waals surface area contributed by atoms with Crippen molar-refractivity contribution in [2.45, 2.75) is 26.2 Å². The highest BCUT2D eigenvalue weighted by molar-refractivity contribution is 5.78. The van der Waals surface area contributed by atoms with Crippen molar-refractivity contribution >= 4 is 17.9 Å². The number of primary amides is 1. The number of likely N-dealkylation sites (tertiary alicyclic amines) is 1. The summed E-state index contributed by atoms with van der Waals surface area (Å²) >= 11 is 0. The molecule has 1 saturated heterocycles. The maximum Gasteiger partial charge on any atom is 0.317 e. The third kappa shape index (κ3) is 4.42. The van der Waals surface area contributed by atoms with Gasteiger partial charge in [0.2, 0.25) is 5.91 Å². The second kappa shape index (κ2) is 6.96. The highest BCUT2D eigenvalue weighted by Crippen LogP contribution is 2.16. The second-order valence-electron chi connectivity index (χ2n) is 4.79. The van der Waals surface area contributed by atoms with Crippen LogP contribution in [0.3, 0.4) is 0 Å². The summed E-state index contributed by atoms with van der Waals surface area (Å²) in [6.45, 7) is 2.84. The van der Waals surface area contributed by atoms with Gasteiger partial charge in [0.1, 0.15) is 0 Å². The quantitative estimate of drug-likeness (QED) is 0.653. The van der Waals surface area contributed by atoms with Gasteiger partial charge in [-0.3, -0.25) is 9.59 Å². The van der Waals surface area contributed by atoms with Gasteiger partial charge in [0, 0.05) is 25.6 Å². The number of carbonyl (C=O) groups is 3. The number of hydrogen-bond acceptors (Lipinski definition) is 3. The van der Waals surface area contributed by atoms with Crippen LogP contribution in [0.1, 0.15) is 26.2 Å². The van der Waals surface area contributed by atoms with Crippen LogP contribution in [-0.2, 0) is 9.59 Å². The van der Waals surface area contributed by atoms with Crippen molar-refractivity contribution in [3.8, 4) is 0 Å². The minimum absolute atomic E-state index is 0.125. The zero-order valence-electron chi connectivity index (χ0n) is 11.1. The number of aliphatic carboxylic acids is 1. The Hall–Kier alpha value is -1.79. The van der Waals surface area contributed by atoms with E-state index in [4.69, 9.17) is 10.8 Å². The van der Waals surface area contributed by atoms with Gasteiger partial charge in [0.05, 0.1) is 5.92 Å². The van der Waals surface area contributed by atoms with E-state index >= 15 is 0 Å². The van der Waals surface area contributed by atoms with Crippen LogP contribution in [0.5, 0.6) is 0 Å². The zero-order chi connectivity index (χ0) is 14.4. The molecule has 3 amide bonds. The topological polar surface area (TPSA) is 113 Å². The molecule has 7 heteroatoms. The summed E-state index contributed by atoms with van der Waals surface area (Å²) in [5, 5.41) is 11.5. The first-order valence-corrected chi connectivity index (χ1v) is 6.50. The van der Waals surface area contributed by atoms with Crippen LogP contribution < -0.4 is 11.1 Å². The summed E-state index contributed by atoms with van der Waals surface area (Å²) in [5.74, 6) is -1.95. The molecule has 0 bridgehead atoms. The summed E-state index contributed by atoms with van der Waals surface area (Å²) in [6, 6.07) is -0.275. The fraction of sp³-hybridized carbons (Fsp3) is 0.750. The van der Waals surface area contributed by atoms with Gasteiger partial charge < -0.3 is 21.1 Å². The van der Waals surface area contributed by atoms with E-state index in [1.807, 2.05) is 0 Å². The average Bonchev–Trinajstić information content (AvgIpc) is 2.38. The molecule has 1 unspecified atom stereocenters. The van der Waals surface area contributed by atoms with Gasteiger partial charge in [-0.2, -0.15) is 0 Å². The van der Waals surface area contributed by atoms with Crippen LogP contribution in [0.15, 0.2) is 0 Å². The summed E-state index contributed by atoms with van der Waals surface area (Å²) in [5.41, 5.74) is 5.22. The zero-order valence-corrected chi connectivity index (χ0v) is 11.1. The molecular formula is C12H21N3O4. The third-order valence-corrected chi connectivity index (χ3v) is 3.53. The first kappa shape index (κ1) is 15.3. The second-order valence-corrected chi connectivity index (χ2v) is 4.79. The Morgan fingerprint density at radius 2 is 1.95 bits per heavy atom. The van der Waals surface area contributed by atoms with E-state index in [0.29, 0.717) is 32.4 Å². The Morgan fingerprint density at radius 1 is 1.37 bits per heavy atom. The number of carbonyl (C=O) groups excluding carboxylic acids is 2. The molecule has 0 radical (unpaired) electrons. The van der Waals surface area contributed by atoms with Gasteiger partial charge in [0.15, 0.2) is 0 Å². The first-order chi connectivity index (χ1) is 8.95. The highest BCUT2D eigenvalue weighted by atomic mass is 16.4. The number of carboxylic acids is 1. The van der Waals surface area contributed by atoms with Gasteiger partial charge >= 0.3 is 12.0 Å². The number of rotatable bonds is 5. The Balaban J connectivity index is 2.35. The maximum absolute atomic E-state index is 11.8. The smallest absolute Gasteiger partial charge is 0.317 e. The lowest BCUT2D eigenvalue weighted by molar-refractivity contribution is -0.141. The standard InChI is InChI=1S/C12H21N3O4/c1-2-8(11(17)18)7-14-12(19)15-5-3-9(4-6-15)10(13)16/h8-9H,2-7H2,1H3,(H2,13,16)(H,14,19)(H,17,18). The molecule has 0 aromatic heterocycles. The number of carboxylic acid groups (broad SMARTS) is 1. The van der Waals surface area contributed by atoms with E-state index in [-0.39, 0.29) is 24.4 Å². The van der Waals surface area contributed by atoms with E-state index in [9.17, 15) is 14.4 Å². The van der Waals surface area contributed by atoms with Crippen molar-refractivity contribution in [3.63, 3.8) is 0 Å². The number of nitrogens with one attached hydrogen (secondary N) is 1. The summed E-state index contributed by atoms with van der Waals surface area (Å²) in [7, 11) is 0. The highest BCUT2D eigenvalue weighted by Gasteiger charge is 2.26. The van der Waals surface area contributed by atoms with Crippen LogP contribution in [0.4, 0.5) is 4.79 Å². The first-order valence-electron chi connectivity index (χ1n) is 6.50. The predicted octanol–water partition coefficient (Wildman–Crippen LogP) is 0.00410.